The van der Waals surface area contributed by atoms with Crippen LogP contribution in [0.3, 0.4) is 0 Å². The molecule has 2 aromatic rings. The molecule has 0 bridgehead atoms. The van der Waals surface area contributed by atoms with Gasteiger partial charge in [0.2, 0.25) is 0 Å². The summed E-state index contributed by atoms with van der Waals surface area (Å²) in [5.41, 5.74) is 1.18. The van der Waals surface area contributed by atoms with Gasteiger partial charge in [-0.3, -0.25) is 0 Å². The van der Waals surface area contributed by atoms with E-state index in [-0.39, 0.29) is 11.9 Å². The van der Waals surface area contributed by atoms with Gasteiger partial charge in [0.1, 0.15) is 17.3 Å². The van der Waals surface area contributed by atoms with Gasteiger partial charge in [-0.05, 0) is 49.7 Å². The van der Waals surface area contributed by atoms with Crippen LogP contribution in [0.2, 0.25) is 0 Å². The molecule has 2 aromatic carbocycles. The largest absolute Gasteiger partial charge is 0.457 e. The number of hydrogen-bond donors (Lipinski definition) is 1. The van der Waals surface area contributed by atoms with Gasteiger partial charge in [0, 0.05) is 16.6 Å². The summed E-state index contributed by atoms with van der Waals surface area (Å²) in [6.07, 6.45) is 1.10. The first-order chi connectivity index (χ1) is 10.1. The van der Waals surface area contributed by atoms with E-state index in [0.717, 1.165) is 17.4 Å². The van der Waals surface area contributed by atoms with Gasteiger partial charge in [0.15, 0.2) is 0 Å². The molecule has 0 spiro atoms. The Labute approximate surface area is 133 Å². The molecular formula is C17H19BrFNO. The van der Waals surface area contributed by atoms with E-state index >= 15 is 0 Å². The molecular weight excluding hydrogens is 333 g/mol. The lowest BCUT2D eigenvalue weighted by Crippen LogP contribution is -2.19. The maximum Gasteiger partial charge on any atom is 0.130 e. The van der Waals surface area contributed by atoms with E-state index < -0.39 is 0 Å². The van der Waals surface area contributed by atoms with E-state index in [0.29, 0.717) is 11.5 Å². The van der Waals surface area contributed by atoms with Crippen LogP contribution in [0.4, 0.5) is 4.39 Å². The summed E-state index contributed by atoms with van der Waals surface area (Å²) in [4.78, 5) is 0. The van der Waals surface area contributed by atoms with E-state index in [9.17, 15) is 4.39 Å². The highest BCUT2D eigenvalue weighted by Gasteiger charge is 2.10. The molecule has 1 N–H and O–H groups in total. The molecule has 21 heavy (non-hydrogen) atoms. The number of benzene rings is 2. The van der Waals surface area contributed by atoms with Gasteiger partial charge in [0.25, 0.3) is 0 Å². The van der Waals surface area contributed by atoms with Crippen molar-refractivity contribution in [3.8, 4) is 11.5 Å². The Morgan fingerprint density at radius 1 is 1.19 bits per heavy atom. The lowest BCUT2D eigenvalue weighted by Gasteiger charge is -2.16. The number of rotatable bonds is 6. The molecule has 0 aliphatic carbocycles. The molecule has 2 rings (SSSR count). The highest BCUT2D eigenvalue weighted by atomic mass is 79.9. The van der Waals surface area contributed by atoms with Crippen molar-refractivity contribution in [1.82, 2.24) is 5.32 Å². The Morgan fingerprint density at radius 3 is 2.62 bits per heavy atom. The summed E-state index contributed by atoms with van der Waals surface area (Å²) >= 11 is 3.57. The van der Waals surface area contributed by atoms with Crippen LogP contribution in [0.15, 0.2) is 46.9 Å². The topological polar surface area (TPSA) is 21.3 Å². The Kier molecular flexibility index (Phi) is 5.76. The molecule has 0 heterocycles. The van der Waals surface area contributed by atoms with E-state index in [4.69, 9.17) is 4.74 Å². The number of halogens is 2. The monoisotopic (exact) mass is 351 g/mol. The Bertz CT molecular complexity index is 603. The molecule has 2 nitrogen and oxygen atoms in total. The first-order valence-corrected chi connectivity index (χ1v) is 7.85. The summed E-state index contributed by atoms with van der Waals surface area (Å²) < 4.78 is 19.8. The zero-order valence-electron chi connectivity index (χ0n) is 12.2. The molecule has 0 radical (unpaired) electrons. The first-order valence-electron chi connectivity index (χ1n) is 7.06. The predicted molar refractivity (Wildman–Crippen MR) is 87.3 cm³/mol. The minimum Gasteiger partial charge on any atom is -0.457 e. The third kappa shape index (κ3) is 4.55. The zero-order chi connectivity index (χ0) is 15.2. The molecule has 1 unspecified atom stereocenters. The highest BCUT2D eigenvalue weighted by molar-refractivity contribution is 9.10. The quantitative estimate of drug-likeness (QED) is 0.747. The number of ether oxygens (including phenoxy) is 1. The summed E-state index contributed by atoms with van der Waals surface area (Å²) in [6.45, 7) is 5.25. The van der Waals surface area contributed by atoms with Gasteiger partial charge in [-0.1, -0.05) is 35.0 Å². The summed E-state index contributed by atoms with van der Waals surface area (Å²) in [5, 5.41) is 3.45. The maximum absolute atomic E-state index is 13.1. The van der Waals surface area contributed by atoms with E-state index in [1.807, 2.05) is 18.2 Å². The lowest BCUT2D eigenvalue weighted by atomic mass is 10.1. The van der Waals surface area contributed by atoms with Crippen molar-refractivity contribution in [2.24, 2.45) is 0 Å². The average molecular weight is 352 g/mol. The molecule has 0 aromatic heterocycles. The van der Waals surface area contributed by atoms with Gasteiger partial charge >= 0.3 is 0 Å². The van der Waals surface area contributed by atoms with Crippen molar-refractivity contribution in [1.29, 1.82) is 0 Å². The minimum atomic E-state index is -0.305. The number of hydrogen-bond acceptors (Lipinski definition) is 2. The standard InChI is InChI=1S/C17H19BrFNO/c1-3-9-20-12(2)16-8-7-15(11-17(16)18)21-14-6-4-5-13(19)10-14/h4-8,10-12,20H,3,9H2,1-2H3. The van der Waals surface area contributed by atoms with Crippen LogP contribution < -0.4 is 10.1 Å². The highest BCUT2D eigenvalue weighted by Crippen LogP contribution is 2.30. The van der Waals surface area contributed by atoms with Crippen LogP contribution in [-0.2, 0) is 0 Å². The molecule has 4 heteroatoms. The second-order valence-corrected chi connectivity index (χ2v) is 5.77. The van der Waals surface area contributed by atoms with Gasteiger partial charge in [-0.25, -0.2) is 4.39 Å². The van der Waals surface area contributed by atoms with Crippen molar-refractivity contribution < 1.29 is 9.13 Å². The van der Waals surface area contributed by atoms with Crippen LogP contribution in [0.5, 0.6) is 11.5 Å². The van der Waals surface area contributed by atoms with E-state index in [1.165, 1.54) is 17.7 Å². The molecule has 0 saturated carbocycles. The van der Waals surface area contributed by atoms with Crippen molar-refractivity contribution in [3.63, 3.8) is 0 Å². The zero-order valence-corrected chi connectivity index (χ0v) is 13.8. The second kappa shape index (κ2) is 7.57. The third-order valence-electron chi connectivity index (χ3n) is 3.17. The molecule has 112 valence electrons. The summed E-state index contributed by atoms with van der Waals surface area (Å²) in [6, 6.07) is 12.2. The molecule has 0 aliphatic rings. The van der Waals surface area contributed by atoms with Crippen molar-refractivity contribution in [3.05, 3.63) is 58.3 Å². The smallest absolute Gasteiger partial charge is 0.130 e. The van der Waals surface area contributed by atoms with Gasteiger partial charge < -0.3 is 10.1 Å². The molecule has 1 atom stereocenters. The van der Waals surface area contributed by atoms with Crippen LogP contribution in [0, 0.1) is 5.82 Å². The molecule has 0 aliphatic heterocycles. The molecule has 0 saturated heterocycles. The van der Waals surface area contributed by atoms with Crippen LogP contribution in [0.1, 0.15) is 31.9 Å². The SMILES string of the molecule is CCCNC(C)c1ccc(Oc2cccc(F)c2)cc1Br. The second-order valence-electron chi connectivity index (χ2n) is 4.92. The third-order valence-corrected chi connectivity index (χ3v) is 3.86. The fourth-order valence-corrected chi connectivity index (χ4v) is 2.76. The van der Waals surface area contributed by atoms with Crippen molar-refractivity contribution in [2.45, 2.75) is 26.3 Å². The lowest BCUT2D eigenvalue weighted by molar-refractivity contribution is 0.475. The van der Waals surface area contributed by atoms with Gasteiger partial charge in [-0.2, -0.15) is 0 Å². The maximum atomic E-state index is 13.1. The Hall–Kier alpha value is -1.39. The van der Waals surface area contributed by atoms with Gasteiger partial charge in [0.05, 0.1) is 0 Å². The van der Waals surface area contributed by atoms with Crippen LogP contribution >= 0.6 is 15.9 Å². The normalized spacial score (nSPS) is 12.2. The fraction of sp³-hybridized carbons (Fsp3) is 0.294. The summed E-state index contributed by atoms with van der Waals surface area (Å²) in [5.74, 6) is 0.867. The average Bonchev–Trinajstić information content (AvgIpc) is 2.45. The van der Waals surface area contributed by atoms with E-state index in [1.54, 1.807) is 12.1 Å². The fourth-order valence-electron chi connectivity index (χ4n) is 2.06. The molecule has 0 amide bonds. The van der Waals surface area contributed by atoms with E-state index in [2.05, 4.69) is 35.1 Å². The Morgan fingerprint density at radius 2 is 1.95 bits per heavy atom. The Balaban J connectivity index is 2.11. The van der Waals surface area contributed by atoms with Crippen molar-refractivity contribution >= 4 is 15.9 Å². The van der Waals surface area contributed by atoms with Crippen molar-refractivity contribution in [2.75, 3.05) is 6.54 Å². The van der Waals surface area contributed by atoms with Gasteiger partial charge in [-0.15, -0.1) is 0 Å². The molecule has 0 fully saturated rings. The van der Waals surface area contributed by atoms with Crippen LogP contribution in [0.25, 0.3) is 0 Å². The summed E-state index contributed by atoms with van der Waals surface area (Å²) in [7, 11) is 0. The predicted octanol–water partition coefficient (Wildman–Crippen LogP) is 5.44. The minimum absolute atomic E-state index is 0.266. The first kappa shape index (κ1) is 16.0. The number of nitrogens with one attached hydrogen (secondary N) is 1. The van der Waals surface area contributed by atoms with Crippen LogP contribution in [-0.4, -0.2) is 6.54 Å².